The second-order valence-corrected chi connectivity index (χ2v) is 4.61. The fraction of sp³-hybridized carbons (Fsp3) is 0.143. The van der Waals surface area contributed by atoms with Gasteiger partial charge in [-0.25, -0.2) is 4.39 Å². The average molecular weight is 248 g/mol. The topological polar surface area (TPSA) is 9.23 Å². The first-order chi connectivity index (χ1) is 8.28. The van der Waals surface area contributed by atoms with Gasteiger partial charge >= 0.3 is 0 Å². The molecule has 0 aliphatic carbocycles. The molecule has 0 fully saturated rings. The molecule has 0 aliphatic heterocycles. The molecular formula is C14H13FOS. The molecule has 3 heteroatoms. The van der Waals surface area contributed by atoms with Crippen molar-refractivity contribution in [2.24, 2.45) is 0 Å². The van der Waals surface area contributed by atoms with Crippen molar-refractivity contribution < 1.29 is 9.13 Å². The van der Waals surface area contributed by atoms with Crippen LogP contribution in [0.4, 0.5) is 4.39 Å². The molecule has 0 atom stereocenters. The Labute approximate surface area is 105 Å². The maximum Gasteiger partial charge on any atom is 0.123 e. The third-order valence-corrected chi connectivity index (χ3v) is 3.20. The van der Waals surface area contributed by atoms with Crippen molar-refractivity contribution >= 4 is 11.8 Å². The summed E-state index contributed by atoms with van der Waals surface area (Å²) in [4.78, 5) is 2.13. The molecule has 0 N–H and O–H groups in total. The second-order valence-electron chi connectivity index (χ2n) is 3.46. The van der Waals surface area contributed by atoms with Gasteiger partial charge in [-0.05, 0) is 55.5 Å². The van der Waals surface area contributed by atoms with Crippen molar-refractivity contribution in [2.75, 3.05) is 6.61 Å². The fourth-order valence-electron chi connectivity index (χ4n) is 1.41. The number of rotatable bonds is 4. The van der Waals surface area contributed by atoms with E-state index in [9.17, 15) is 4.39 Å². The fourth-order valence-corrected chi connectivity index (χ4v) is 2.23. The van der Waals surface area contributed by atoms with Gasteiger partial charge in [-0.3, -0.25) is 0 Å². The van der Waals surface area contributed by atoms with Crippen LogP contribution >= 0.6 is 11.8 Å². The van der Waals surface area contributed by atoms with Crippen LogP contribution in [0.15, 0.2) is 58.3 Å². The Morgan fingerprint density at radius 2 is 1.47 bits per heavy atom. The van der Waals surface area contributed by atoms with Crippen LogP contribution in [0, 0.1) is 5.82 Å². The van der Waals surface area contributed by atoms with Crippen LogP contribution in [0.2, 0.25) is 0 Å². The molecule has 2 aromatic carbocycles. The highest BCUT2D eigenvalue weighted by Gasteiger charge is 1.98. The van der Waals surface area contributed by atoms with E-state index in [0.717, 1.165) is 15.5 Å². The largest absolute Gasteiger partial charge is 0.494 e. The van der Waals surface area contributed by atoms with E-state index in [0.29, 0.717) is 6.61 Å². The van der Waals surface area contributed by atoms with Crippen LogP contribution in [0.5, 0.6) is 5.75 Å². The molecule has 0 aromatic heterocycles. The number of halogens is 1. The second kappa shape index (κ2) is 5.73. The summed E-state index contributed by atoms with van der Waals surface area (Å²) in [6.07, 6.45) is 0. The summed E-state index contributed by atoms with van der Waals surface area (Å²) in [6.45, 7) is 2.63. The van der Waals surface area contributed by atoms with E-state index in [1.807, 2.05) is 31.2 Å². The Morgan fingerprint density at radius 1 is 0.941 bits per heavy atom. The third kappa shape index (κ3) is 3.49. The molecule has 2 rings (SSSR count). The molecule has 0 spiro atoms. The van der Waals surface area contributed by atoms with Crippen molar-refractivity contribution in [3.8, 4) is 5.75 Å². The van der Waals surface area contributed by atoms with Crippen molar-refractivity contribution in [3.05, 3.63) is 54.3 Å². The van der Waals surface area contributed by atoms with Crippen molar-refractivity contribution in [3.63, 3.8) is 0 Å². The summed E-state index contributed by atoms with van der Waals surface area (Å²) >= 11 is 1.60. The van der Waals surface area contributed by atoms with Crippen molar-refractivity contribution in [1.29, 1.82) is 0 Å². The maximum atomic E-state index is 12.7. The standard InChI is InChI=1S/C14H13FOS/c1-2-16-12-5-9-14(10-6-12)17-13-7-3-11(15)4-8-13/h3-10H,2H2,1H3. The summed E-state index contributed by atoms with van der Waals surface area (Å²) in [6, 6.07) is 14.4. The van der Waals surface area contributed by atoms with E-state index in [2.05, 4.69) is 0 Å². The minimum atomic E-state index is -0.207. The lowest BCUT2D eigenvalue weighted by Crippen LogP contribution is -1.90. The summed E-state index contributed by atoms with van der Waals surface area (Å²) < 4.78 is 18.1. The van der Waals surface area contributed by atoms with Gasteiger partial charge in [0.15, 0.2) is 0 Å². The van der Waals surface area contributed by atoms with E-state index >= 15 is 0 Å². The van der Waals surface area contributed by atoms with Gasteiger partial charge in [0.2, 0.25) is 0 Å². The molecule has 0 bridgehead atoms. The van der Waals surface area contributed by atoms with E-state index in [1.54, 1.807) is 23.9 Å². The Balaban J connectivity index is 2.05. The molecule has 0 radical (unpaired) electrons. The quantitative estimate of drug-likeness (QED) is 0.794. The van der Waals surface area contributed by atoms with Gasteiger partial charge in [0.25, 0.3) is 0 Å². The Hall–Kier alpha value is -1.48. The highest BCUT2D eigenvalue weighted by atomic mass is 32.2. The molecular weight excluding hydrogens is 235 g/mol. The molecule has 0 aliphatic rings. The summed E-state index contributed by atoms with van der Waals surface area (Å²) in [5, 5.41) is 0. The summed E-state index contributed by atoms with van der Waals surface area (Å²) in [5.41, 5.74) is 0. The van der Waals surface area contributed by atoms with Crippen LogP contribution in [-0.2, 0) is 0 Å². The maximum absolute atomic E-state index is 12.7. The molecule has 0 saturated carbocycles. The molecule has 88 valence electrons. The number of hydrogen-bond acceptors (Lipinski definition) is 2. The van der Waals surface area contributed by atoms with E-state index < -0.39 is 0 Å². The van der Waals surface area contributed by atoms with Crippen LogP contribution in [-0.4, -0.2) is 6.61 Å². The lowest BCUT2D eigenvalue weighted by Gasteiger charge is -2.04. The van der Waals surface area contributed by atoms with E-state index in [4.69, 9.17) is 4.74 Å². The van der Waals surface area contributed by atoms with Crippen LogP contribution in [0.3, 0.4) is 0 Å². The Kier molecular flexibility index (Phi) is 4.04. The lowest BCUT2D eigenvalue weighted by molar-refractivity contribution is 0.340. The van der Waals surface area contributed by atoms with Gasteiger partial charge in [-0.15, -0.1) is 0 Å². The zero-order valence-electron chi connectivity index (χ0n) is 9.52. The van der Waals surface area contributed by atoms with Crippen molar-refractivity contribution in [1.82, 2.24) is 0 Å². The van der Waals surface area contributed by atoms with Crippen molar-refractivity contribution in [2.45, 2.75) is 16.7 Å². The molecule has 2 aromatic rings. The van der Waals surface area contributed by atoms with Crippen LogP contribution in [0.25, 0.3) is 0 Å². The van der Waals surface area contributed by atoms with Gasteiger partial charge in [0.05, 0.1) is 6.61 Å². The predicted octanol–water partition coefficient (Wildman–Crippen LogP) is 4.38. The zero-order chi connectivity index (χ0) is 12.1. The number of hydrogen-bond donors (Lipinski definition) is 0. The average Bonchev–Trinajstić information content (AvgIpc) is 2.35. The van der Waals surface area contributed by atoms with E-state index in [-0.39, 0.29) is 5.82 Å². The highest BCUT2D eigenvalue weighted by Crippen LogP contribution is 2.28. The molecule has 17 heavy (non-hydrogen) atoms. The van der Waals surface area contributed by atoms with Crippen LogP contribution < -0.4 is 4.74 Å². The Bertz CT molecular complexity index is 465. The first kappa shape index (κ1) is 12.0. The van der Waals surface area contributed by atoms with Gasteiger partial charge in [0.1, 0.15) is 11.6 Å². The monoisotopic (exact) mass is 248 g/mol. The highest BCUT2D eigenvalue weighted by molar-refractivity contribution is 7.99. The van der Waals surface area contributed by atoms with Gasteiger partial charge in [0, 0.05) is 9.79 Å². The molecule has 0 amide bonds. The third-order valence-electron chi connectivity index (χ3n) is 2.18. The van der Waals surface area contributed by atoms with Gasteiger partial charge in [-0.1, -0.05) is 11.8 Å². The minimum absolute atomic E-state index is 0.207. The molecule has 1 nitrogen and oxygen atoms in total. The molecule has 0 heterocycles. The first-order valence-electron chi connectivity index (χ1n) is 5.44. The zero-order valence-corrected chi connectivity index (χ0v) is 10.3. The SMILES string of the molecule is CCOc1ccc(Sc2ccc(F)cc2)cc1. The smallest absolute Gasteiger partial charge is 0.123 e. The lowest BCUT2D eigenvalue weighted by atomic mass is 10.3. The first-order valence-corrected chi connectivity index (χ1v) is 6.26. The predicted molar refractivity (Wildman–Crippen MR) is 68.1 cm³/mol. The van der Waals surface area contributed by atoms with Crippen LogP contribution in [0.1, 0.15) is 6.92 Å². The van der Waals surface area contributed by atoms with Gasteiger partial charge in [-0.2, -0.15) is 0 Å². The number of ether oxygens (including phenoxy) is 1. The minimum Gasteiger partial charge on any atom is -0.494 e. The molecule has 0 saturated heterocycles. The summed E-state index contributed by atoms with van der Waals surface area (Å²) in [7, 11) is 0. The summed E-state index contributed by atoms with van der Waals surface area (Å²) in [5.74, 6) is 0.664. The Morgan fingerprint density at radius 3 is 2.00 bits per heavy atom. The number of benzene rings is 2. The van der Waals surface area contributed by atoms with Gasteiger partial charge < -0.3 is 4.74 Å². The normalized spacial score (nSPS) is 10.2. The molecule has 0 unspecified atom stereocenters. The van der Waals surface area contributed by atoms with E-state index in [1.165, 1.54) is 12.1 Å².